The van der Waals surface area contributed by atoms with Gasteiger partial charge >= 0.3 is 0 Å². The number of benzene rings is 1. The lowest BCUT2D eigenvalue weighted by molar-refractivity contribution is 0.575. The fourth-order valence-electron chi connectivity index (χ4n) is 2.09. The van der Waals surface area contributed by atoms with Crippen molar-refractivity contribution in [1.82, 2.24) is 0 Å². The molecule has 2 heteroatoms. The van der Waals surface area contributed by atoms with Gasteiger partial charge in [-0.15, -0.1) is 0 Å². The molecule has 0 heterocycles. The summed E-state index contributed by atoms with van der Waals surface area (Å²) in [6.45, 7) is 2.02. The van der Waals surface area contributed by atoms with Gasteiger partial charge in [0.15, 0.2) is 0 Å². The van der Waals surface area contributed by atoms with Crippen LogP contribution < -0.4 is 11.5 Å². The molecule has 2 nitrogen and oxygen atoms in total. The molecule has 0 spiro atoms. The third-order valence-corrected chi connectivity index (χ3v) is 3.02. The molecular weight excluding hydrogens is 172 g/mol. The summed E-state index contributed by atoms with van der Waals surface area (Å²) in [6.07, 6.45) is 3.24. The van der Waals surface area contributed by atoms with Crippen molar-refractivity contribution in [2.45, 2.75) is 38.3 Å². The van der Waals surface area contributed by atoms with Gasteiger partial charge in [0.1, 0.15) is 0 Å². The summed E-state index contributed by atoms with van der Waals surface area (Å²) in [5.41, 5.74) is 15.9. The van der Waals surface area contributed by atoms with Crippen LogP contribution in [0.15, 0.2) is 18.2 Å². The van der Waals surface area contributed by atoms with Gasteiger partial charge in [-0.1, -0.05) is 18.2 Å². The third kappa shape index (κ3) is 1.81. The van der Waals surface area contributed by atoms with Gasteiger partial charge in [-0.2, -0.15) is 0 Å². The van der Waals surface area contributed by atoms with E-state index in [0.29, 0.717) is 6.04 Å². The number of fused-ring (bicyclic) bond motifs is 1. The summed E-state index contributed by atoms with van der Waals surface area (Å²) >= 11 is 0. The molecule has 76 valence electrons. The topological polar surface area (TPSA) is 52.0 Å². The number of hydrogen-bond acceptors (Lipinski definition) is 2. The standard InChI is InChI=1S/C12H18N2/c1-8(13)9-2-3-11-7-12(14)5-4-10(11)6-9/h2-3,6,8,12H,4-5,7,13-14H2,1H3/t8-,12-/m1/s1. The Morgan fingerprint density at radius 2 is 2.14 bits per heavy atom. The van der Waals surface area contributed by atoms with Crippen LogP contribution in [0.25, 0.3) is 0 Å². The predicted octanol–water partition coefficient (Wildman–Crippen LogP) is 1.52. The smallest absolute Gasteiger partial charge is 0.0266 e. The quantitative estimate of drug-likeness (QED) is 0.705. The van der Waals surface area contributed by atoms with Crippen LogP contribution in [0.2, 0.25) is 0 Å². The molecule has 0 aliphatic heterocycles. The highest BCUT2D eigenvalue weighted by atomic mass is 14.6. The van der Waals surface area contributed by atoms with E-state index >= 15 is 0 Å². The average molecular weight is 190 g/mol. The Kier molecular flexibility index (Phi) is 2.57. The van der Waals surface area contributed by atoms with Gasteiger partial charge in [0.05, 0.1) is 0 Å². The zero-order valence-electron chi connectivity index (χ0n) is 8.66. The van der Waals surface area contributed by atoms with Crippen molar-refractivity contribution in [3.05, 3.63) is 34.9 Å². The molecule has 2 atom stereocenters. The first-order valence-electron chi connectivity index (χ1n) is 5.29. The summed E-state index contributed by atoms with van der Waals surface area (Å²) in [7, 11) is 0. The molecule has 1 aliphatic carbocycles. The first-order chi connectivity index (χ1) is 6.66. The zero-order chi connectivity index (χ0) is 10.1. The Balaban J connectivity index is 2.31. The minimum atomic E-state index is 0.135. The van der Waals surface area contributed by atoms with Gasteiger partial charge in [-0.25, -0.2) is 0 Å². The summed E-state index contributed by atoms with van der Waals surface area (Å²) < 4.78 is 0. The fraction of sp³-hybridized carbons (Fsp3) is 0.500. The summed E-state index contributed by atoms with van der Waals surface area (Å²) in [5.74, 6) is 0. The maximum absolute atomic E-state index is 5.92. The van der Waals surface area contributed by atoms with Crippen molar-refractivity contribution >= 4 is 0 Å². The molecule has 0 amide bonds. The van der Waals surface area contributed by atoms with Gasteiger partial charge in [-0.3, -0.25) is 0 Å². The molecule has 1 aliphatic rings. The lowest BCUT2D eigenvalue weighted by Gasteiger charge is -2.22. The van der Waals surface area contributed by atoms with Crippen LogP contribution in [0, 0.1) is 0 Å². The minimum Gasteiger partial charge on any atom is -0.327 e. The van der Waals surface area contributed by atoms with E-state index in [1.807, 2.05) is 6.92 Å². The van der Waals surface area contributed by atoms with E-state index < -0.39 is 0 Å². The lowest BCUT2D eigenvalue weighted by atomic mass is 9.87. The van der Waals surface area contributed by atoms with E-state index in [-0.39, 0.29) is 6.04 Å². The van der Waals surface area contributed by atoms with E-state index in [1.54, 1.807) is 0 Å². The van der Waals surface area contributed by atoms with E-state index in [1.165, 1.54) is 16.7 Å². The van der Waals surface area contributed by atoms with Gasteiger partial charge in [0, 0.05) is 12.1 Å². The van der Waals surface area contributed by atoms with Crippen LogP contribution in [0.4, 0.5) is 0 Å². The van der Waals surface area contributed by atoms with Crippen molar-refractivity contribution < 1.29 is 0 Å². The maximum atomic E-state index is 5.92. The van der Waals surface area contributed by atoms with Gasteiger partial charge in [0.2, 0.25) is 0 Å². The highest BCUT2D eigenvalue weighted by Gasteiger charge is 2.15. The van der Waals surface area contributed by atoms with Crippen LogP contribution >= 0.6 is 0 Å². The number of nitrogens with two attached hydrogens (primary N) is 2. The van der Waals surface area contributed by atoms with Crippen molar-refractivity contribution in [2.24, 2.45) is 11.5 Å². The Hall–Kier alpha value is -0.860. The Bertz CT molecular complexity index is 331. The van der Waals surface area contributed by atoms with Crippen LogP contribution in [0.3, 0.4) is 0 Å². The molecule has 0 radical (unpaired) electrons. The van der Waals surface area contributed by atoms with Crippen LogP contribution in [0.1, 0.15) is 36.1 Å². The first-order valence-corrected chi connectivity index (χ1v) is 5.29. The average Bonchev–Trinajstić information content (AvgIpc) is 2.16. The molecule has 0 fully saturated rings. The summed E-state index contributed by atoms with van der Waals surface area (Å²) in [4.78, 5) is 0. The molecule has 0 saturated heterocycles. The number of rotatable bonds is 1. The maximum Gasteiger partial charge on any atom is 0.0266 e. The lowest BCUT2D eigenvalue weighted by Crippen LogP contribution is -2.28. The monoisotopic (exact) mass is 190 g/mol. The molecule has 0 aromatic heterocycles. The molecule has 14 heavy (non-hydrogen) atoms. The van der Waals surface area contributed by atoms with E-state index in [9.17, 15) is 0 Å². The Labute approximate surface area is 85.3 Å². The van der Waals surface area contributed by atoms with Crippen LogP contribution in [-0.2, 0) is 12.8 Å². The largest absolute Gasteiger partial charge is 0.327 e. The van der Waals surface area contributed by atoms with Crippen LogP contribution in [-0.4, -0.2) is 6.04 Å². The molecule has 1 aromatic rings. The van der Waals surface area contributed by atoms with E-state index in [0.717, 1.165) is 19.3 Å². The van der Waals surface area contributed by atoms with E-state index in [2.05, 4.69) is 18.2 Å². The van der Waals surface area contributed by atoms with Crippen LogP contribution in [0.5, 0.6) is 0 Å². The fourth-order valence-corrected chi connectivity index (χ4v) is 2.09. The third-order valence-electron chi connectivity index (χ3n) is 3.02. The molecule has 4 N–H and O–H groups in total. The molecular formula is C12H18N2. The molecule has 1 aromatic carbocycles. The van der Waals surface area contributed by atoms with Crippen molar-refractivity contribution in [3.8, 4) is 0 Å². The predicted molar refractivity (Wildman–Crippen MR) is 59.0 cm³/mol. The minimum absolute atomic E-state index is 0.135. The van der Waals surface area contributed by atoms with E-state index in [4.69, 9.17) is 11.5 Å². The van der Waals surface area contributed by atoms with Gasteiger partial charge in [0.25, 0.3) is 0 Å². The van der Waals surface area contributed by atoms with Crippen molar-refractivity contribution in [2.75, 3.05) is 0 Å². The van der Waals surface area contributed by atoms with Gasteiger partial charge in [-0.05, 0) is 42.9 Å². The second kappa shape index (κ2) is 3.71. The SMILES string of the molecule is C[C@@H](N)c1ccc2c(c1)CC[C@@H](N)C2. The number of aryl methyl sites for hydroxylation is 1. The Morgan fingerprint density at radius 3 is 2.86 bits per heavy atom. The molecule has 0 unspecified atom stereocenters. The van der Waals surface area contributed by atoms with Gasteiger partial charge < -0.3 is 11.5 Å². The molecule has 0 saturated carbocycles. The molecule has 2 rings (SSSR count). The second-order valence-corrected chi connectivity index (χ2v) is 4.32. The molecule has 0 bridgehead atoms. The first kappa shape index (κ1) is 9.69. The summed E-state index contributed by atoms with van der Waals surface area (Å²) in [6, 6.07) is 7.04. The van der Waals surface area contributed by atoms with Crippen molar-refractivity contribution in [3.63, 3.8) is 0 Å². The normalized spacial score (nSPS) is 22.9. The van der Waals surface area contributed by atoms with Crippen molar-refractivity contribution in [1.29, 1.82) is 0 Å². The highest BCUT2D eigenvalue weighted by Crippen LogP contribution is 2.23. The Morgan fingerprint density at radius 1 is 1.36 bits per heavy atom. The zero-order valence-corrected chi connectivity index (χ0v) is 8.66. The highest BCUT2D eigenvalue weighted by molar-refractivity contribution is 5.35. The second-order valence-electron chi connectivity index (χ2n) is 4.32. The number of hydrogen-bond donors (Lipinski definition) is 2. The summed E-state index contributed by atoms with van der Waals surface area (Å²) in [5, 5.41) is 0.